The number of carbonyl (C=O) groups is 2. The molecule has 130 valence electrons. The van der Waals surface area contributed by atoms with Gasteiger partial charge >= 0.3 is 0 Å². The van der Waals surface area contributed by atoms with E-state index >= 15 is 0 Å². The van der Waals surface area contributed by atoms with Crippen molar-refractivity contribution in [1.29, 1.82) is 0 Å². The Morgan fingerprint density at radius 3 is 2.83 bits per heavy atom. The quantitative estimate of drug-likeness (QED) is 0.813. The van der Waals surface area contributed by atoms with Crippen LogP contribution in [0.15, 0.2) is 22.7 Å². The first-order valence-corrected chi connectivity index (χ1v) is 9.06. The molecule has 24 heavy (non-hydrogen) atoms. The molecular weight excluding hydrogens is 377 g/mol. The lowest BCUT2D eigenvalue weighted by Gasteiger charge is -2.33. The summed E-state index contributed by atoms with van der Waals surface area (Å²) in [5, 5.41) is 6.16. The average Bonchev–Trinajstić information content (AvgIpc) is 2.55. The second-order valence-electron chi connectivity index (χ2n) is 6.49. The summed E-state index contributed by atoms with van der Waals surface area (Å²) >= 11 is 3.09. The molecule has 0 spiro atoms. The minimum absolute atomic E-state index is 0.0152. The molecule has 2 heterocycles. The number of halogens is 2. The largest absolute Gasteiger partial charge is 0.355 e. The Labute approximate surface area is 149 Å². The maximum absolute atomic E-state index is 13.6. The Balaban J connectivity index is 1.58. The van der Waals surface area contributed by atoms with Crippen molar-refractivity contribution in [1.82, 2.24) is 15.5 Å². The fourth-order valence-electron chi connectivity index (χ4n) is 3.07. The van der Waals surface area contributed by atoms with Crippen molar-refractivity contribution in [2.24, 2.45) is 11.8 Å². The summed E-state index contributed by atoms with van der Waals surface area (Å²) in [4.78, 5) is 26.5. The van der Waals surface area contributed by atoms with E-state index in [-0.39, 0.29) is 17.7 Å². The van der Waals surface area contributed by atoms with Crippen LogP contribution in [0.3, 0.4) is 0 Å². The first-order chi connectivity index (χ1) is 11.5. The summed E-state index contributed by atoms with van der Waals surface area (Å²) in [6.45, 7) is 3.59. The normalized spacial score (nSPS) is 21.2. The number of likely N-dealkylation sites (tertiary alicyclic amines) is 1. The minimum Gasteiger partial charge on any atom is -0.355 e. The lowest BCUT2D eigenvalue weighted by molar-refractivity contribution is -0.126. The second kappa shape index (κ2) is 7.61. The number of hydrogen-bond donors (Lipinski definition) is 2. The van der Waals surface area contributed by atoms with Gasteiger partial charge in [-0.15, -0.1) is 0 Å². The number of nitrogens with zero attached hydrogens (tertiary/aromatic N) is 1. The Hall–Kier alpha value is -1.47. The summed E-state index contributed by atoms with van der Waals surface area (Å²) < 4.78 is 14.0. The predicted molar refractivity (Wildman–Crippen MR) is 92.1 cm³/mol. The van der Waals surface area contributed by atoms with Crippen molar-refractivity contribution in [3.63, 3.8) is 0 Å². The van der Waals surface area contributed by atoms with Gasteiger partial charge in [-0.2, -0.15) is 0 Å². The number of hydrogen-bond acceptors (Lipinski definition) is 3. The molecule has 0 radical (unpaired) electrons. The number of nitrogens with one attached hydrogen (secondary N) is 2. The van der Waals surface area contributed by atoms with Crippen molar-refractivity contribution < 1.29 is 14.0 Å². The fraction of sp³-hybridized carbons (Fsp3) is 0.529. The first-order valence-electron chi connectivity index (χ1n) is 8.27. The standard InChI is InChI=1S/C17H21BrFN3O2/c18-14-4-3-12(6-15(14)19)17(24)22-5-1-2-13(10-22)16(23)21-9-11-7-20-8-11/h3-4,6,11,13,20H,1-2,5,7-10H2,(H,21,23). The van der Waals surface area contributed by atoms with Crippen molar-refractivity contribution in [3.8, 4) is 0 Å². The Morgan fingerprint density at radius 1 is 1.38 bits per heavy atom. The maximum atomic E-state index is 13.6. The van der Waals surface area contributed by atoms with Crippen LogP contribution in [-0.2, 0) is 4.79 Å². The molecule has 2 saturated heterocycles. The minimum atomic E-state index is -0.457. The van der Waals surface area contributed by atoms with E-state index in [1.54, 1.807) is 11.0 Å². The van der Waals surface area contributed by atoms with Crippen molar-refractivity contribution in [2.75, 3.05) is 32.7 Å². The van der Waals surface area contributed by atoms with Gasteiger partial charge in [0, 0.05) is 44.2 Å². The first kappa shape index (κ1) is 17.4. The van der Waals surface area contributed by atoms with Gasteiger partial charge in [-0.3, -0.25) is 9.59 Å². The molecule has 1 unspecified atom stereocenters. The van der Waals surface area contributed by atoms with E-state index < -0.39 is 5.82 Å². The zero-order valence-corrected chi connectivity index (χ0v) is 14.9. The lowest BCUT2D eigenvalue weighted by Crippen LogP contribution is -2.50. The summed E-state index contributed by atoms with van der Waals surface area (Å²) in [6.07, 6.45) is 1.57. The molecule has 2 aliphatic heterocycles. The van der Waals surface area contributed by atoms with Crippen LogP contribution in [0.2, 0.25) is 0 Å². The SMILES string of the molecule is O=C(NCC1CNC1)C1CCCN(C(=O)c2ccc(Br)c(F)c2)C1. The van der Waals surface area contributed by atoms with Gasteiger partial charge in [0.15, 0.2) is 0 Å². The van der Waals surface area contributed by atoms with Crippen LogP contribution >= 0.6 is 15.9 Å². The maximum Gasteiger partial charge on any atom is 0.253 e. The van der Waals surface area contributed by atoms with E-state index in [0.29, 0.717) is 35.6 Å². The van der Waals surface area contributed by atoms with Gasteiger partial charge in [0.1, 0.15) is 5.82 Å². The molecule has 0 aromatic heterocycles. The van der Waals surface area contributed by atoms with Crippen LogP contribution in [0.25, 0.3) is 0 Å². The van der Waals surface area contributed by atoms with E-state index in [0.717, 1.165) is 25.9 Å². The van der Waals surface area contributed by atoms with Crippen LogP contribution in [-0.4, -0.2) is 49.4 Å². The van der Waals surface area contributed by atoms with Gasteiger partial charge in [-0.1, -0.05) is 0 Å². The summed E-state index contributed by atoms with van der Waals surface area (Å²) in [6, 6.07) is 4.37. The molecule has 2 N–H and O–H groups in total. The van der Waals surface area contributed by atoms with E-state index in [9.17, 15) is 14.0 Å². The fourth-order valence-corrected chi connectivity index (χ4v) is 3.32. The van der Waals surface area contributed by atoms with E-state index in [1.165, 1.54) is 12.1 Å². The summed E-state index contributed by atoms with van der Waals surface area (Å²) in [5.74, 6) is -0.332. The molecule has 7 heteroatoms. The zero-order valence-electron chi connectivity index (χ0n) is 13.4. The highest BCUT2D eigenvalue weighted by molar-refractivity contribution is 9.10. The van der Waals surface area contributed by atoms with Crippen molar-refractivity contribution in [2.45, 2.75) is 12.8 Å². The van der Waals surface area contributed by atoms with E-state index in [1.807, 2.05) is 0 Å². The van der Waals surface area contributed by atoms with E-state index in [4.69, 9.17) is 0 Å². The molecule has 2 aliphatic rings. The molecule has 0 aliphatic carbocycles. The number of benzene rings is 1. The smallest absolute Gasteiger partial charge is 0.253 e. The van der Waals surface area contributed by atoms with Gasteiger partial charge in [0.2, 0.25) is 5.91 Å². The third-order valence-electron chi connectivity index (χ3n) is 4.68. The molecule has 3 rings (SSSR count). The highest BCUT2D eigenvalue weighted by Gasteiger charge is 2.29. The van der Waals surface area contributed by atoms with Crippen LogP contribution in [0.4, 0.5) is 4.39 Å². The highest BCUT2D eigenvalue weighted by Crippen LogP contribution is 2.21. The number of piperidine rings is 1. The molecule has 1 aromatic rings. The zero-order chi connectivity index (χ0) is 17.1. The average molecular weight is 398 g/mol. The summed E-state index contributed by atoms with van der Waals surface area (Å²) in [5.41, 5.74) is 0.317. The van der Waals surface area contributed by atoms with Crippen molar-refractivity contribution >= 4 is 27.7 Å². The Bertz CT molecular complexity index is 636. The van der Waals surface area contributed by atoms with Gasteiger partial charge in [-0.05, 0) is 47.0 Å². The third kappa shape index (κ3) is 3.95. The Kier molecular flexibility index (Phi) is 5.50. The molecular formula is C17H21BrFN3O2. The van der Waals surface area contributed by atoms with Gasteiger partial charge < -0.3 is 15.5 Å². The van der Waals surface area contributed by atoms with Gasteiger partial charge in [0.05, 0.1) is 10.4 Å². The monoisotopic (exact) mass is 397 g/mol. The van der Waals surface area contributed by atoms with Crippen LogP contribution < -0.4 is 10.6 Å². The lowest BCUT2D eigenvalue weighted by atomic mass is 9.95. The summed E-state index contributed by atoms with van der Waals surface area (Å²) in [7, 11) is 0. The Morgan fingerprint density at radius 2 is 2.17 bits per heavy atom. The molecule has 1 aromatic carbocycles. The van der Waals surface area contributed by atoms with Crippen LogP contribution in [0.1, 0.15) is 23.2 Å². The number of amides is 2. The molecule has 5 nitrogen and oxygen atoms in total. The highest BCUT2D eigenvalue weighted by atomic mass is 79.9. The number of carbonyl (C=O) groups excluding carboxylic acids is 2. The van der Waals surface area contributed by atoms with Crippen LogP contribution in [0, 0.1) is 17.7 Å². The molecule has 0 saturated carbocycles. The van der Waals surface area contributed by atoms with Crippen LogP contribution in [0.5, 0.6) is 0 Å². The van der Waals surface area contributed by atoms with Crippen molar-refractivity contribution in [3.05, 3.63) is 34.1 Å². The predicted octanol–water partition coefficient (Wildman–Crippen LogP) is 1.78. The molecule has 0 bridgehead atoms. The number of rotatable bonds is 4. The van der Waals surface area contributed by atoms with Gasteiger partial charge in [-0.25, -0.2) is 4.39 Å². The topological polar surface area (TPSA) is 61.4 Å². The second-order valence-corrected chi connectivity index (χ2v) is 7.34. The third-order valence-corrected chi connectivity index (χ3v) is 5.32. The molecule has 2 fully saturated rings. The van der Waals surface area contributed by atoms with Gasteiger partial charge in [0.25, 0.3) is 5.91 Å². The molecule has 1 atom stereocenters. The van der Waals surface area contributed by atoms with E-state index in [2.05, 4.69) is 26.6 Å². The molecule has 2 amide bonds.